The molecule has 0 heterocycles. The van der Waals surface area contributed by atoms with Gasteiger partial charge in [-0.25, -0.2) is 0 Å². The van der Waals surface area contributed by atoms with Crippen LogP contribution in [0.25, 0.3) is 0 Å². The van der Waals surface area contributed by atoms with E-state index >= 15 is 0 Å². The summed E-state index contributed by atoms with van der Waals surface area (Å²) in [4.78, 5) is 15.3. The number of hydrogen-bond acceptors (Lipinski definition) is 4. The van der Waals surface area contributed by atoms with Gasteiger partial charge < -0.3 is 9.64 Å². The molecule has 0 rings (SSSR count). The number of nitrogens with zero attached hydrogens (tertiary/aromatic N) is 2. The molecule has 4 nitrogen and oxygen atoms in total. The van der Waals surface area contributed by atoms with Gasteiger partial charge in [-0.1, -0.05) is 6.92 Å². The van der Waals surface area contributed by atoms with E-state index in [9.17, 15) is 4.79 Å². The van der Waals surface area contributed by atoms with Gasteiger partial charge >= 0.3 is 5.97 Å². The average Bonchev–Trinajstić information content (AvgIpc) is 2.12. The molecule has 0 aliphatic heterocycles. The Bertz CT molecular complexity index is 172. The van der Waals surface area contributed by atoms with Crippen LogP contribution < -0.4 is 0 Å². The van der Waals surface area contributed by atoms with Gasteiger partial charge in [0.05, 0.1) is 13.7 Å². The first-order valence-electron chi connectivity index (χ1n) is 4.96. The third kappa shape index (κ3) is 5.19. The number of carbonyl (C=O) groups is 1. The van der Waals surface area contributed by atoms with Gasteiger partial charge in [0.25, 0.3) is 0 Å². The number of likely N-dealkylation sites (N-methyl/N-ethyl adjacent to an activating group) is 2. The lowest BCUT2D eigenvalue weighted by Gasteiger charge is -2.28. The van der Waals surface area contributed by atoms with E-state index in [-0.39, 0.29) is 5.97 Å². The average molecular weight is 202 g/mol. The highest BCUT2D eigenvalue weighted by Gasteiger charge is 2.16. The van der Waals surface area contributed by atoms with E-state index < -0.39 is 0 Å². The Morgan fingerprint density at radius 3 is 2.36 bits per heavy atom. The number of ether oxygens (including phenoxy) is 1. The first kappa shape index (κ1) is 13.4. The van der Waals surface area contributed by atoms with Crippen LogP contribution in [0.15, 0.2) is 0 Å². The highest BCUT2D eigenvalue weighted by atomic mass is 16.5. The van der Waals surface area contributed by atoms with Crippen LogP contribution in [0.2, 0.25) is 0 Å². The fourth-order valence-electron chi connectivity index (χ4n) is 1.45. The van der Waals surface area contributed by atoms with E-state index in [0.29, 0.717) is 12.6 Å². The standard InChI is InChI=1S/C10H22N2O2/c1-6-12(8-10(13)14-5)9(2)7-11(3)4/h9H,6-8H2,1-5H3. The summed E-state index contributed by atoms with van der Waals surface area (Å²) in [5.41, 5.74) is 0. The highest BCUT2D eigenvalue weighted by Crippen LogP contribution is 2.00. The summed E-state index contributed by atoms with van der Waals surface area (Å²) in [7, 11) is 5.48. The summed E-state index contributed by atoms with van der Waals surface area (Å²) in [5, 5.41) is 0. The molecule has 1 atom stereocenters. The van der Waals surface area contributed by atoms with Gasteiger partial charge in [0, 0.05) is 12.6 Å². The van der Waals surface area contributed by atoms with E-state index in [1.807, 2.05) is 14.1 Å². The molecule has 0 saturated carbocycles. The van der Waals surface area contributed by atoms with Crippen molar-refractivity contribution in [3.05, 3.63) is 0 Å². The Labute approximate surface area is 86.8 Å². The third-order valence-corrected chi connectivity index (χ3v) is 2.22. The topological polar surface area (TPSA) is 32.8 Å². The van der Waals surface area contributed by atoms with Crippen molar-refractivity contribution in [2.24, 2.45) is 0 Å². The molecule has 0 N–H and O–H groups in total. The zero-order chi connectivity index (χ0) is 11.1. The Morgan fingerprint density at radius 1 is 1.43 bits per heavy atom. The van der Waals surface area contributed by atoms with Crippen LogP contribution in [-0.4, -0.2) is 62.7 Å². The predicted molar refractivity (Wildman–Crippen MR) is 57.3 cm³/mol. The molecule has 14 heavy (non-hydrogen) atoms. The van der Waals surface area contributed by atoms with Crippen molar-refractivity contribution >= 4 is 5.97 Å². The first-order valence-corrected chi connectivity index (χ1v) is 4.96. The Morgan fingerprint density at radius 2 is 2.00 bits per heavy atom. The molecular weight excluding hydrogens is 180 g/mol. The van der Waals surface area contributed by atoms with Crippen molar-refractivity contribution in [3.63, 3.8) is 0 Å². The second-order valence-corrected chi connectivity index (χ2v) is 3.75. The summed E-state index contributed by atoms with van der Waals surface area (Å²) in [5.74, 6) is -0.169. The van der Waals surface area contributed by atoms with Gasteiger partial charge in [-0.3, -0.25) is 9.69 Å². The molecule has 1 unspecified atom stereocenters. The van der Waals surface area contributed by atoms with Gasteiger partial charge in [-0.05, 0) is 27.6 Å². The largest absolute Gasteiger partial charge is 0.468 e. The number of methoxy groups -OCH3 is 1. The number of esters is 1. The molecule has 0 radical (unpaired) electrons. The van der Waals surface area contributed by atoms with E-state index in [2.05, 4.69) is 28.4 Å². The summed E-state index contributed by atoms with van der Waals surface area (Å²) >= 11 is 0. The van der Waals surface area contributed by atoms with Crippen LogP contribution >= 0.6 is 0 Å². The van der Waals surface area contributed by atoms with Crippen molar-refractivity contribution in [2.45, 2.75) is 19.9 Å². The van der Waals surface area contributed by atoms with E-state index in [0.717, 1.165) is 13.1 Å². The van der Waals surface area contributed by atoms with Gasteiger partial charge in [0.15, 0.2) is 0 Å². The minimum atomic E-state index is -0.169. The van der Waals surface area contributed by atoms with Gasteiger partial charge in [0.1, 0.15) is 0 Å². The maximum Gasteiger partial charge on any atom is 0.319 e. The molecule has 0 bridgehead atoms. The molecule has 0 fully saturated rings. The fourth-order valence-corrected chi connectivity index (χ4v) is 1.45. The van der Waals surface area contributed by atoms with Crippen molar-refractivity contribution in [1.82, 2.24) is 9.80 Å². The zero-order valence-electron chi connectivity index (χ0n) is 9.91. The van der Waals surface area contributed by atoms with Crippen LogP contribution in [0.3, 0.4) is 0 Å². The third-order valence-electron chi connectivity index (χ3n) is 2.22. The molecule has 84 valence electrons. The molecule has 4 heteroatoms. The number of carbonyl (C=O) groups excluding carboxylic acids is 1. The van der Waals surface area contributed by atoms with Crippen molar-refractivity contribution < 1.29 is 9.53 Å². The van der Waals surface area contributed by atoms with Crippen LogP contribution in [0, 0.1) is 0 Å². The van der Waals surface area contributed by atoms with E-state index in [1.54, 1.807) is 0 Å². The normalized spacial score (nSPS) is 13.4. The summed E-state index contributed by atoms with van der Waals surface area (Å²) in [6.07, 6.45) is 0. The molecule has 0 aromatic carbocycles. The molecule has 0 saturated heterocycles. The minimum Gasteiger partial charge on any atom is -0.468 e. The molecular formula is C10H22N2O2. The first-order chi connectivity index (χ1) is 6.51. The van der Waals surface area contributed by atoms with Crippen LogP contribution in [0.1, 0.15) is 13.8 Å². The second kappa shape index (κ2) is 6.79. The van der Waals surface area contributed by atoms with E-state index in [1.165, 1.54) is 7.11 Å². The number of rotatable bonds is 6. The maximum absolute atomic E-state index is 11.1. The van der Waals surface area contributed by atoms with Crippen LogP contribution in [0.5, 0.6) is 0 Å². The monoisotopic (exact) mass is 202 g/mol. The maximum atomic E-state index is 11.1. The molecule has 0 spiro atoms. The zero-order valence-corrected chi connectivity index (χ0v) is 9.91. The van der Waals surface area contributed by atoms with Crippen LogP contribution in [0.4, 0.5) is 0 Å². The van der Waals surface area contributed by atoms with Crippen molar-refractivity contribution in [2.75, 3.05) is 40.8 Å². The van der Waals surface area contributed by atoms with Gasteiger partial charge in [-0.2, -0.15) is 0 Å². The molecule has 0 aromatic heterocycles. The van der Waals surface area contributed by atoms with E-state index in [4.69, 9.17) is 0 Å². The van der Waals surface area contributed by atoms with Crippen molar-refractivity contribution in [1.29, 1.82) is 0 Å². The highest BCUT2D eigenvalue weighted by molar-refractivity contribution is 5.71. The molecule has 0 aromatic rings. The smallest absolute Gasteiger partial charge is 0.319 e. The van der Waals surface area contributed by atoms with Crippen LogP contribution in [-0.2, 0) is 9.53 Å². The lowest BCUT2D eigenvalue weighted by molar-refractivity contribution is -0.142. The van der Waals surface area contributed by atoms with Crippen molar-refractivity contribution in [3.8, 4) is 0 Å². The second-order valence-electron chi connectivity index (χ2n) is 3.75. The molecule has 0 aliphatic carbocycles. The Kier molecular flexibility index (Phi) is 6.49. The number of hydrogen-bond donors (Lipinski definition) is 0. The SMILES string of the molecule is CCN(CC(=O)OC)C(C)CN(C)C. The molecule has 0 amide bonds. The fraction of sp³-hybridized carbons (Fsp3) is 0.900. The summed E-state index contributed by atoms with van der Waals surface area (Å²) in [6.45, 7) is 6.36. The lowest BCUT2D eigenvalue weighted by Crippen LogP contribution is -2.42. The quantitative estimate of drug-likeness (QED) is 0.585. The van der Waals surface area contributed by atoms with Gasteiger partial charge in [0.2, 0.25) is 0 Å². The lowest BCUT2D eigenvalue weighted by atomic mass is 10.2. The Balaban J connectivity index is 4.04. The molecule has 0 aliphatic rings. The summed E-state index contributed by atoms with van der Waals surface area (Å²) in [6, 6.07) is 0.370. The van der Waals surface area contributed by atoms with Gasteiger partial charge in [-0.15, -0.1) is 0 Å². The Hall–Kier alpha value is -0.610. The summed E-state index contributed by atoms with van der Waals surface area (Å²) < 4.78 is 4.64. The predicted octanol–water partition coefficient (Wildman–Crippen LogP) is 0.431. The minimum absolute atomic E-state index is 0.169.